The Kier molecular flexibility index (Phi) is 4.96. The maximum Gasteiger partial charge on any atom is 0.190 e. The lowest BCUT2D eigenvalue weighted by atomic mass is 10.2. The summed E-state index contributed by atoms with van der Waals surface area (Å²) in [5.41, 5.74) is 1.72. The average molecular weight is 330 g/mol. The summed E-state index contributed by atoms with van der Waals surface area (Å²) in [6, 6.07) is 5.32. The SMILES string of the molecule is COc1cc(Cl)c(C)cc1Nc1cc(Cl)nc(SC)n1. The van der Waals surface area contributed by atoms with Crippen LogP contribution in [0.4, 0.5) is 11.5 Å². The number of anilines is 2. The molecule has 1 aromatic heterocycles. The number of thioether (sulfide) groups is 1. The predicted octanol–water partition coefficient (Wildman–Crippen LogP) is 4.57. The maximum atomic E-state index is 6.08. The van der Waals surface area contributed by atoms with Crippen molar-refractivity contribution in [3.05, 3.63) is 33.9 Å². The van der Waals surface area contributed by atoms with Crippen LogP contribution >= 0.6 is 35.0 Å². The summed E-state index contributed by atoms with van der Waals surface area (Å²) in [6.07, 6.45) is 1.89. The van der Waals surface area contributed by atoms with Crippen LogP contribution in [-0.2, 0) is 0 Å². The fourth-order valence-corrected chi connectivity index (χ4v) is 2.39. The zero-order chi connectivity index (χ0) is 14.7. The maximum absolute atomic E-state index is 6.08. The zero-order valence-electron chi connectivity index (χ0n) is 11.2. The number of ether oxygens (including phenoxy) is 1. The molecule has 106 valence electrons. The number of nitrogens with zero attached hydrogens (tertiary/aromatic N) is 2. The molecular weight excluding hydrogens is 317 g/mol. The van der Waals surface area contributed by atoms with E-state index in [-0.39, 0.29) is 0 Å². The number of nitrogens with one attached hydrogen (secondary N) is 1. The number of aryl methyl sites for hydroxylation is 1. The first-order valence-electron chi connectivity index (χ1n) is 5.73. The topological polar surface area (TPSA) is 47.0 Å². The van der Waals surface area contributed by atoms with Crippen LogP contribution in [0.25, 0.3) is 0 Å². The van der Waals surface area contributed by atoms with Gasteiger partial charge in [-0.2, -0.15) is 0 Å². The van der Waals surface area contributed by atoms with Gasteiger partial charge >= 0.3 is 0 Å². The van der Waals surface area contributed by atoms with Crippen molar-refractivity contribution in [2.75, 3.05) is 18.7 Å². The van der Waals surface area contributed by atoms with Crippen molar-refractivity contribution in [2.45, 2.75) is 12.1 Å². The van der Waals surface area contributed by atoms with Crippen LogP contribution in [0.5, 0.6) is 5.75 Å². The van der Waals surface area contributed by atoms with Crippen LogP contribution < -0.4 is 10.1 Å². The van der Waals surface area contributed by atoms with Crippen molar-refractivity contribution in [3.63, 3.8) is 0 Å². The van der Waals surface area contributed by atoms with Gasteiger partial charge in [0.15, 0.2) is 5.16 Å². The lowest BCUT2D eigenvalue weighted by Crippen LogP contribution is -1.99. The van der Waals surface area contributed by atoms with Crippen LogP contribution in [-0.4, -0.2) is 23.3 Å². The molecule has 1 N–H and O–H groups in total. The van der Waals surface area contributed by atoms with E-state index in [1.165, 1.54) is 11.8 Å². The Bertz CT molecular complexity index is 637. The van der Waals surface area contributed by atoms with Gasteiger partial charge in [-0.3, -0.25) is 0 Å². The summed E-state index contributed by atoms with van der Waals surface area (Å²) < 4.78 is 5.31. The van der Waals surface area contributed by atoms with E-state index in [4.69, 9.17) is 27.9 Å². The highest BCUT2D eigenvalue weighted by molar-refractivity contribution is 7.98. The number of halogens is 2. The largest absolute Gasteiger partial charge is 0.495 e. The molecule has 0 aliphatic rings. The van der Waals surface area contributed by atoms with E-state index < -0.39 is 0 Å². The summed E-state index contributed by atoms with van der Waals surface area (Å²) in [7, 11) is 1.59. The molecule has 0 aliphatic heterocycles. The van der Waals surface area contributed by atoms with E-state index in [0.717, 1.165) is 11.3 Å². The first-order valence-corrected chi connectivity index (χ1v) is 7.71. The van der Waals surface area contributed by atoms with Crippen LogP contribution in [0.3, 0.4) is 0 Å². The first kappa shape index (κ1) is 15.2. The second kappa shape index (κ2) is 6.52. The first-order chi connectivity index (χ1) is 9.53. The molecule has 0 bridgehead atoms. The van der Waals surface area contributed by atoms with Crippen LogP contribution in [0, 0.1) is 6.92 Å². The fraction of sp³-hybridized carbons (Fsp3) is 0.231. The number of benzene rings is 1. The van der Waals surface area contributed by atoms with Crippen molar-refractivity contribution in [2.24, 2.45) is 0 Å². The van der Waals surface area contributed by atoms with E-state index in [2.05, 4.69) is 15.3 Å². The minimum Gasteiger partial charge on any atom is -0.495 e. The van der Waals surface area contributed by atoms with Gasteiger partial charge in [0, 0.05) is 17.2 Å². The number of aromatic nitrogens is 2. The van der Waals surface area contributed by atoms with Gasteiger partial charge in [0.05, 0.1) is 12.8 Å². The van der Waals surface area contributed by atoms with Gasteiger partial charge in [0.25, 0.3) is 0 Å². The molecule has 1 heterocycles. The highest BCUT2D eigenvalue weighted by Crippen LogP contribution is 2.33. The molecule has 0 spiro atoms. The van der Waals surface area contributed by atoms with E-state index in [1.807, 2.05) is 19.2 Å². The molecule has 20 heavy (non-hydrogen) atoms. The third-order valence-electron chi connectivity index (χ3n) is 2.60. The molecule has 0 saturated heterocycles. The van der Waals surface area contributed by atoms with E-state index in [9.17, 15) is 0 Å². The average Bonchev–Trinajstić information content (AvgIpc) is 2.42. The second-order valence-corrected chi connectivity index (χ2v) is 5.56. The minimum atomic E-state index is 0.386. The molecule has 0 unspecified atom stereocenters. The molecule has 0 aliphatic carbocycles. The van der Waals surface area contributed by atoms with Crippen LogP contribution in [0.2, 0.25) is 10.2 Å². The molecular formula is C13H13Cl2N3OS. The van der Waals surface area contributed by atoms with Crippen molar-refractivity contribution >= 4 is 46.5 Å². The lowest BCUT2D eigenvalue weighted by Gasteiger charge is -2.13. The van der Waals surface area contributed by atoms with Gasteiger partial charge in [-0.05, 0) is 24.8 Å². The Morgan fingerprint density at radius 3 is 2.60 bits per heavy atom. The summed E-state index contributed by atoms with van der Waals surface area (Å²) in [5, 5.41) is 4.81. The number of rotatable bonds is 4. The van der Waals surface area contributed by atoms with Crippen molar-refractivity contribution in [1.29, 1.82) is 0 Å². The Morgan fingerprint density at radius 2 is 1.95 bits per heavy atom. The molecule has 4 nitrogen and oxygen atoms in total. The lowest BCUT2D eigenvalue weighted by molar-refractivity contribution is 0.416. The number of hydrogen-bond acceptors (Lipinski definition) is 5. The smallest absolute Gasteiger partial charge is 0.190 e. The molecule has 0 radical (unpaired) electrons. The summed E-state index contributed by atoms with van der Waals surface area (Å²) in [4.78, 5) is 8.44. The van der Waals surface area contributed by atoms with Gasteiger partial charge in [0.1, 0.15) is 16.7 Å². The fourth-order valence-electron chi connectivity index (χ4n) is 1.62. The molecule has 0 fully saturated rings. The predicted molar refractivity (Wildman–Crippen MR) is 84.8 cm³/mol. The summed E-state index contributed by atoms with van der Waals surface area (Å²) >= 11 is 13.5. The van der Waals surface area contributed by atoms with E-state index in [0.29, 0.717) is 26.9 Å². The Labute approximate surface area is 131 Å². The highest BCUT2D eigenvalue weighted by Gasteiger charge is 2.09. The number of hydrogen-bond donors (Lipinski definition) is 1. The molecule has 2 rings (SSSR count). The molecule has 0 atom stereocenters. The van der Waals surface area contributed by atoms with Crippen LogP contribution in [0.15, 0.2) is 23.4 Å². The van der Waals surface area contributed by atoms with E-state index >= 15 is 0 Å². The molecule has 0 saturated carbocycles. The van der Waals surface area contributed by atoms with Crippen molar-refractivity contribution < 1.29 is 4.74 Å². The third kappa shape index (κ3) is 3.48. The summed E-state index contributed by atoms with van der Waals surface area (Å²) in [5.74, 6) is 1.25. The van der Waals surface area contributed by atoms with Crippen molar-refractivity contribution in [1.82, 2.24) is 9.97 Å². The Balaban J connectivity index is 2.39. The van der Waals surface area contributed by atoms with Gasteiger partial charge < -0.3 is 10.1 Å². The molecule has 7 heteroatoms. The highest BCUT2D eigenvalue weighted by atomic mass is 35.5. The van der Waals surface area contributed by atoms with E-state index in [1.54, 1.807) is 19.2 Å². The standard InChI is InChI=1S/C13H13Cl2N3OS/c1-7-4-9(10(19-2)5-8(7)14)16-12-6-11(15)17-13(18-12)20-3/h4-6H,1-3H3,(H,16,17,18). The second-order valence-electron chi connectivity index (χ2n) is 3.99. The van der Waals surface area contributed by atoms with Gasteiger partial charge in [0.2, 0.25) is 0 Å². The molecule has 0 amide bonds. The monoisotopic (exact) mass is 329 g/mol. The Morgan fingerprint density at radius 1 is 1.20 bits per heavy atom. The quantitative estimate of drug-likeness (QED) is 0.506. The normalized spacial score (nSPS) is 10.4. The third-order valence-corrected chi connectivity index (χ3v) is 3.75. The minimum absolute atomic E-state index is 0.386. The van der Waals surface area contributed by atoms with Crippen molar-refractivity contribution in [3.8, 4) is 5.75 Å². The zero-order valence-corrected chi connectivity index (χ0v) is 13.5. The molecule has 1 aromatic carbocycles. The Hall–Kier alpha value is -1.17. The van der Waals surface area contributed by atoms with Crippen LogP contribution in [0.1, 0.15) is 5.56 Å². The summed E-state index contributed by atoms with van der Waals surface area (Å²) in [6.45, 7) is 1.92. The van der Waals surface area contributed by atoms with Gasteiger partial charge in [-0.1, -0.05) is 35.0 Å². The molecule has 2 aromatic rings. The number of methoxy groups -OCH3 is 1. The van der Waals surface area contributed by atoms with Gasteiger partial charge in [-0.15, -0.1) is 0 Å². The van der Waals surface area contributed by atoms with Gasteiger partial charge in [-0.25, -0.2) is 9.97 Å².